The number of methoxy groups -OCH3 is 1. The standard InChI is InChI=1S/C20H24N2O2/c1-15(21-14-16-6-3-9-19(12-16)24-2)17-7-4-8-18(13-17)22-11-5-10-20(22)23/h3-4,6-9,12-13,15,21H,5,10-11,14H2,1-2H3/t15-/m1/s1. The molecule has 0 aliphatic carbocycles. The van der Waals surface area contributed by atoms with Crippen molar-refractivity contribution < 1.29 is 9.53 Å². The maximum Gasteiger partial charge on any atom is 0.227 e. The molecule has 4 heteroatoms. The minimum atomic E-state index is 0.203. The third-order valence-electron chi connectivity index (χ3n) is 4.50. The summed E-state index contributed by atoms with van der Waals surface area (Å²) in [7, 11) is 1.68. The van der Waals surface area contributed by atoms with Crippen LogP contribution in [0, 0.1) is 0 Å². The summed E-state index contributed by atoms with van der Waals surface area (Å²) in [5.41, 5.74) is 3.38. The van der Waals surface area contributed by atoms with Crippen LogP contribution in [0.1, 0.15) is 36.9 Å². The van der Waals surface area contributed by atoms with Gasteiger partial charge in [0.1, 0.15) is 5.75 Å². The topological polar surface area (TPSA) is 41.6 Å². The van der Waals surface area contributed by atoms with E-state index in [0.29, 0.717) is 6.42 Å². The van der Waals surface area contributed by atoms with Gasteiger partial charge in [0.15, 0.2) is 0 Å². The number of nitrogens with zero attached hydrogens (tertiary/aromatic N) is 1. The Bertz CT molecular complexity index is 714. The first kappa shape index (κ1) is 16.5. The predicted octanol–water partition coefficient (Wildman–Crippen LogP) is 3.67. The van der Waals surface area contributed by atoms with Crippen molar-refractivity contribution in [2.45, 2.75) is 32.4 Å². The van der Waals surface area contributed by atoms with Gasteiger partial charge in [-0.2, -0.15) is 0 Å². The average Bonchev–Trinajstić information content (AvgIpc) is 3.06. The number of carbonyl (C=O) groups excluding carboxylic acids is 1. The van der Waals surface area contributed by atoms with E-state index >= 15 is 0 Å². The highest BCUT2D eigenvalue weighted by Gasteiger charge is 2.22. The number of benzene rings is 2. The molecule has 0 aromatic heterocycles. The first-order valence-electron chi connectivity index (χ1n) is 8.44. The van der Waals surface area contributed by atoms with Crippen molar-refractivity contribution in [2.75, 3.05) is 18.6 Å². The Labute approximate surface area is 143 Å². The van der Waals surface area contributed by atoms with Gasteiger partial charge in [-0.3, -0.25) is 4.79 Å². The summed E-state index contributed by atoms with van der Waals surface area (Å²) >= 11 is 0. The molecule has 1 amide bonds. The van der Waals surface area contributed by atoms with Crippen LogP contribution < -0.4 is 15.0 Å². The monoisotopic (exact) mass is 324 g/mol. The lowest BCUT2D eigenvalue weighted by molar-refractivity contribution is -0.117. The highest BCUT2D eigenvalue weighted by atomic mass is 16.5. The second-order valence-electron chi connectivity index (χ2n) is 6.20. The van der Waals surface area contributed by atoms with Crippen LogP contribution in [0.5, 0.6) is 5.75 Å². The first-order chi connectivity index (χ1) is 11.7. The van der Waals surface area contributed by atoms with E-state index in [0.717, 1.165) is 30.9 Å². The van der Waals surface area contributed by atoms with Crippen molar-refractivity contribution in [3.63, 3.8) is 0 Å². The Balaban J connectivity index is 1.66. The van der Waals surface area contributed by atoms with Crippen molar-refractivity contribution in [1.82, 2.24) is 5.32 Å². The van der Waals surface area contributed by atoms with E-state index in [1.807, 2.05) is 35.2 Å². The van der Waals surface area contributed by atoms with Crippen molar-refractivity contribution in [1.29, 1.82) is 0 Å². The number of ether oxygens (including phenoxy) is 1. The smallest absolute Gasteiger partial charge is 0.227 e. The van der Waals surface area contributed by atoms with Gasteiger partial charge in [-0.25, -0.2) is 0 Å². The molecule has 1 atom stereocenters. The summed E-state index contributed by atoms with van der Waals surface area (Å²) < 4.78 is 5.26. The quantitative estimate of drug-likeness (QED) is 0.881. The lowest BCUT2D eigenvalue weighted by Gasteiger charge is -2.19. The molecule has 1 heterocycles. The van der Waals surface area contributed by atoms with Gasteiger partial charge in [0.2, 0.25) is 5.91 Å². The van der Waals surface area contributed by atoms with E-state index in [-0.39, 0.29) is 11.9 Å². The van der Waals surface area contributed by atoms with Gasteiger partial charge < -0.3 is 15.0 Å². The van der Waals surface area contributed by atoms with Crippen LogP contribution in [0.4, 0.5) is 5.69 Å². The van der Waals surface area contributed by atoms with E-state index in [4.69, 9.17) is 4.74 Å². The Morgan fingerprint density at radius 3 is 2.79 bits per heavy atom. The fraction of sp³-hybridized carbons (Fsp3) is 0.350. The van der Waals surface area contributed by atoms with Crippen LogP contribution in [0.15, 0.2) is 48.5 Å². The molecule has 0 unspecified atom stereocenters. The molecule has 1 fully saturated rings. The van der Waals surface area contributed by atoms with Gasteiger partial charge in [-0.15, -0.1) is 0 Å². The predicted molar refractivity (Wildman–Crippen MR) is 96.3 cm³/mol. The Morgan fingerprint density at radius 2 is 2.04 bits per heavy atom. The Hall–Kier alpha value is -2.33. The number of hydrogen-bond donors (Lipinski definition) is 1. The lowest BCUT2D eigenvalue weighted by Crippen LogP contribution is -2.24. The molecule has 2 aromatic carbocycles. The lowest BCUT2D eigenvalue weighted by atomic mass is 10.1. The second-order valence-corrected chi connectivity index (χ2v) is 6.20. The van der Waals surface area contributed by atoms with Gasteiger partial charge in [0.25, 0.3) is 0 Å². The van der Waals surface area contributed by atoms with Crippen LogP contribution in [-0.2, 0) is 11.3 Å². The molecule has 0 bridgehead atoms. The zero-order valence-electron chi connectivity index (χ0n) is 14.3. The molecular formula is C20H24N2O2. The van der Waals surface area contributed by atoms with Crippen molar-refractivity contribution >= 4 is 11.6 Å². The van der Waals surface area contributed by atoms with Gasteiger partial charge in [-0.1, -0.05) is 24.3 Å². The van der Waals surface area contributed by atoms with E-state index < -0.39 is 0 Å². The maximum atomic E-state index is 11.9. The van der Waals surface area contributed by atoms with Gasteiger partial charge in [0.05, 0.1) is 7.11 Å². The van der Waals surface area contributed by atoms with Gasteiger partial charge in [0, 0.05) is 31.2 Å². The number of nitrogens with one attached hydrogen (secondary N) is 1. The number of anilines is 1. The summed E-state index contributed by atoms with van der Waals surface area (Å²) in [6.07, 6.45) is 1.61. The van der Waals surface area contributed by atoms with E-state index in [1.165, 1.54) is 11.1 Å². The third kappa shape index (κ3) is 3.77. The fourth-order valence-electron chi connectivity index (χ4n) is 3.05. The Kier molecular flexibility index (Phi) is 5.16. The normalized spacial score (nSPS) is 15.6. The van der Waals surface area contributed by atoms with Crippen molar-refractivity contribution in [3.8, 4) is 5.75 Å². The van der Waals surface area contributed by atoms with E-state index in [2.05, 4.69) is 30.4 Å². The molecule has 1 saturated heterocycles. The van der Waals surface area contributed by atoms with Crippen LogP contribution in [0.3, 0.4) is 0 Å². The molecule has 4 nitrogen and oxygen atoms in total. The summed E-state index contributed by atoms with van der Waals surface area (Å²) in [5.74, 6) is 1.10. The second kappa shape index (κ2) is 7.49. The summed E-state index contributed by atoms with van der Waals surface area (Å²) in [6.45, 7) is 3.74. The summed E-state index contributed by atoms with van der Waals surface area (Å²) in [5, 5.41) is 3.54. The van der Waals surface area contributed by atoms with E-state index in [9.17, 15) is 4.79 Å². The fourth-order valence-corrected chi connectivity index (χ4v) is 3.05. The molecular weight excluding hydrogens is 300 g/mol. The van der Waals surface area contributed by atoms with Gasteiger partial charge >= 0.3 is 0 Å². The molecule has 0 saturated carbocycles. The minimum absolute atomic E-state index is 0.203. The van der Waals surface area contributed by atoms with Crippen molar-refractivity contribution in [3.05, 3.63) is 59.7 Å². The average molecular weight is 324 g/mol. The molecule has 0 radical (unpaired) electrons. The van der Waals surface area contributed by atoms with Crippen LogP contribution >= 0.6 is 0 Å². The molecule has 1 aliphatic rings. The van der Waals surface area contributed by atoms with Crippen LogP contribution in [-0.4, -0.2) is 19.6 Å². The number of carbonyl (C=O) groups is 1. The molecule has 24 heavy (non-hydrogen) atoms. The molecule has 0 spiro atoms. The zero-order valence-corrected chi connectivity index (χ0v) is 14.3. The highest BCUT2D eigenvalue weighted by Crippen LogP contribution is 2.25. The zero-order chi connectivity index (χ0) is 16.9. The largest absolute Gasteiger partial charge is 0.497 e. The third-order valence-corrected chi connectivity index (χ3v) is 4.50. The van der Waals surface area contributed by atoms with Crippen LogP contribution in [0.2, 0.25) is 0 Å². The molecule has 2 aromatic rings. The number of rotatable bonds is 6. The van der Waals surface area contributed by atoms with Gasteiger partial charge in [-0.05, 0) is 48.7 Å². The minimum Gasteiger partial charge on any atom is -0.497 e. The highest BCUT2D eigenvalue weighted by molar-refractivity contribution is 5.95. The summed E-state index contributed by atoms with van der Waals surface area (Å²) in [6, 6.07) is 16.5. The van der Waals surface area contributed by atoms with Crippen molar-refractivity contribution in [2.24, 2.45) is 0 Å². The number of amides is 1. The molecule has 1 N–H and O–H groups in total. The Morgan fingerprint density at radius 1 is 1.21 bits per heavy atom. The maximum absolute atomic E-state index is 11.9. The van der Waals surface area contributed by atoms with Crippen LogP contribution in [0.25, 0.3) is 0 Å². The molecule has 126 valence electrons. The van der Waals surface area contributed by atoms with E-state index in [1.54, 1.807) is 7.11 Å². The first-order valence-corrected chi connectivity index (χ1v) is 8.44. The SMILES string of the molecule is COc1cccc(CN[C@H](C)c2cccc(N3CCCC3=O)c2)c1. The molecule has 3 rings (SSSR count). The number of hydrogen-bond acceptors (Lipinski definition) is 3. The molecule has 1 aliphatic heterocycles. The summed E-state index contributed by atoms with van der Waals surface area (Å²) in [4.78, 5) is 13.8.